The van der Waals surface area contributed by atoms with Crippen LogP contribution in [0.4, 0.5) is 4.79 Å². The van der Waals surface area contributed by atoms with E-state index < -0.39 is 18.0 Å². The van der Waals surface area contributed by atoms with Gasteiger partial charge < -0.3 is 15.5 Å². The van der Waals surface area contributed by atoms with Crippen LogP contribution in [0.2, 0.25) is 5.02 Å². The second kappa shape index (κ2) is 11.0. The van der Waals surface area contributed by atoms with E-state index in [2.05, 4.69) is 15.6 Å². The van der Waals surface area contributed by atoms with E-state index in [-0.39, 0.29) is 11.5 Å². The molecule has 9 heteroatoms. The Kier molecular flexibility index (Phi) is 8.37. The summed E-state index contributed by atoms with van der Waals surface area (Å²) in [5.41, 5.74) is 1.22. The monoisotopic (exact) mass is 430 g/mol. The van der Waals surface area contributed by atoms with Gasteiger partial charge in [-0.3, -0.25) is 14.6 Å². The van der Waals surface area contributed by atoms with E-state index in [1.165, 1.54) is 6.92 Å². The van der Waals surface area contributed by atoms with Crippen molar-refractivity contribution in [3.05, 3.63) is 76.7 Å². The molecule has 1 atom stereocenters. The normalized spacial score (nSPS) is 15.5. The SMILES string of the molecule is CCNC(=O)C1=C(C)NC(=O)N(OC(C)=O)C1c1cccc(Cl)c1.c1ccncc1. The number of hydrogen-bond acceptors (Lipinski definition) is 5. The molecule has 2 N–H and O–H groups in total. The minimum absolute atomic E-state index is 0.278. The number of nitrogens with zero attached hydrogens (tertiary/aromatic N) is 2. The molecule has 2 heterocycles. The summed E-state index contributed by atoms with van der Waals surface area (Å²) in [5, 5.41) is 6.53. The Morgan fingerprint density at radius 3 is 2.43 bits per heavy atom. The highest BCUT2D eigenvalue weighted by Gasteiger charge is 2.40. The molecule has 3 amide bonds. The summed E-state index contributed by atoms with van der Waals surface area (Å²) in [4.78, 5) is 45.0. The molecule has 2 aromatic rings. The molecule has 158 valence electrons. The molecule has 1 aromatic heterocycles. The number of likely N-dealkylation sites (N-methyl/N-ethyl adjacent to an activating group) is 1. The molecule has 0 saturated carbocycles. The van der Waals surface area contributed by atoms with E-state index in [1.807, 2.05) is 18.2 Å². The summed E-state index contributed by atoms with van der Waals surface area (Å²) in [6.07, 6.45) is 3.50. The molecular weight excluding hydrogens is 408 g/mol. The molecule has 1 unspecified atom stereocenters. The van der Waals surface area contributed by atoms with Crippen molar-refractivity contribution in [1.29, 1.82) is 0 Å². The van der Waals surface area contributed by atoms with Gasteiger partial charge in [-0.25, -0.2) is 4.79 Å². The van der Waals surface area contributed by atoms with E-state index in [0.29, 0.717) is 22.8 Å². The van der Waals surface area contributed by atoms with Crippen molar-refractivity contribution in [1.82, 2.24) is 20.7 Å². The second-order valence-corrected chi connectivity index (χ2v) is 6.66. The summed E-state index contributed by atoms with van der Waals surface area (Å²) in [6, 6.07) is 10.9. The lowest BCUT2D eigenvalue weighted by Gasteiger charge is -2.35. The van der Waals surface area contributed by atoms with Crippen molar-refractivity contribution in [3.63, 3.8) is 0 Å². The van der Waals surface area contributed by atoms with Crippen molar-refractivity contribution < 1.29 is 19.2 Å². The molecule has 0 spiro atoms. The molecule has 0 fully saturated rings. The Balaban J connectivity index is 0.000000456. The smallest absolute Gasteiger partial charge is 0.352 e. The van der Waals surface area contributed by atoms with Gasteiger partial charge in [-0.15, -0.1) is 5.06 Å². The summed E-state index contributed by atoms with van der Waals surface area (Å²) < 4.78 is 0. The Hall–Kier alpha value is -3.39. The number of hydroxylamine groups is 2. The van der Waals surface area contributed by atoms with Crippen molar-refractivity contribution in [3.8, 4) is 0 Å². The predicted octanol–water partition coefficient (Wildman–Crippen LogP) is 3.38. The van der Waals surface area contributed by atoms with Crippen LogP contribution in [0.5, 0.6) is 0 Å². The molecular formula is C21H23ClN4O4. The van der Waals surface area contributed by atoms with Crippen molar-refractivity contribution >= 4 is 29.5 Å². The highest BCUT2D eigenvalue weighted by atomic mass is 35.5. The number of nitrogens with one attached hydrogen (secondary N) is 2. The molecule has 0 saturated heterocycles. The van der Waals surface area contributed by atoms with Gasteiger partial charge in [0.15, 0.2) is 0 Å². The average Bonchev–Trinajstić information content (AvgIpc) is 2.71. The number of carbonyl (C=O) groups is 3. The summed E-state index contributed by atoms with van der Waals surface area (Å²) in [6.45, 7) is 5.00. The van der Waals surface area contributed by atoms with Gasteiger partial charge in [0.05, 0.1) is 5.57 Å². The lowest BCUT2D eigenvalue weighted by atomic mass is 9.94. The van der Waals surface area contributed by atoms with Gasteiger partial charge in [0.1, 0.15) is 6.04 Å². The van der Waals surface area contributed by atoms with E-state index in [1.54, 1.807) is 50.5 Å². The first-order chi connectivity index (χ1) is 14.3. The topological polar surface area (TPSA) is 101 Å². The number of aromatic nitrogens is 1. The fraction of sp³-hybridized carbons (Fsp3) is 0.238. The highest BCUT2D eigenvalue weighted by molar-refractivity contribution is 6.30. The zero-order valence-electron chi connectivity index (χ0n) is 16.9. The zero-order chi connectivity index (χ0) is 22.1. The molecule has 8 nitrogen and oxygen atoms in total. The van der Waals surface area contributed by atoms with Crippen LogP contribution in [0.25, 0.3) is 0 Å². The summed E-state index contributed by atoms with van der Waals surface area (Å²) in [5.74, 6) is -1.04. The van der Waals surface area contributed by atoms with Crippen LogP contribution in [0.1, 0.15) is 32.4 Å². The van der Waals surface area contributed by atoms with Crippen LogP contribution in [-0.4, -0.2) is 34.5 Å². The van der Waals surface area contributed by atoms with Crippen molar-refractivity contribution in [2.45, 2.75) is 26.8 Å². The minimum Gasteiger partial charge on any atom is -0.352 e. The van der Waals surface area contributed by atoms with Gasteiger partial charge in [-0.2, -0.15) is 0 Å². The largest absolute Gasteiger partial charge is 0.355 e. The number of allylic oxidation sites excluding steroid dienone is 1. The Bertz CT molecular complexity index is 907. The first-order valence-electron chi connectivity index (χ1n) is 9.23. The van der Waals surface area contributed by atoms with E-state index in [0.717, 1.165) is 5.06 Å². The standard InChI is InChI=1S/C16H18ClN3O4.C5H5N/c1-4-18-15(22)13-9(2)19-16(23)20(24-10(3)21)14(13)11-6-5-7-12(17)8-11;1-2-4-6-5-3-1/h5-8,14H,4H2,1-3H3,(H,18,22)(H,19,23);1-5H. The summed E-state index contributed by atoms with van der Waals surface area (Å²) >= 11 is 6.04. The maximum absolute atomic E-state index is 12.5. The van der Waals surface area contributed by atoms with Crippen LogP contribution >= 0.6 is 11.6 Å². The molecule has 0 bridgehead atoms. The number of amides is 3. The number of hydrogen-bond donors (Lipinski definition) is 2. The van der Waals surface area contributed by atoms with Gasteiger partial charge in [0.2, 0.25) is 0 Å². The number of carbonyl (C=O) groups excluding carboxylic acids is 3. The van der Waals surface area contributed by atoms with E-state index >= 15 is 0 Å². The Labute approximate surface area is 179 Å². The van der Waals surface area contributed by atoms with Gasteiger partial charge >= 0.3 is 12.0 Å². The Morgan fingerprint density at radius 2 is 1.93 bits per heavy atom. The minimum atomic E-state index is -0.895. The van der Waals surface area contributed by atoms with Crippen LogP contribution < -0.4 is 10.6 Å². The molecule has 0 aliphatic carbocycles. The van der Waals surface area contributed by atoms with Crippen LogP contribution in [-0.2, 0) is 14.4 Å². The number of urea groups is 1. The lowest BCUT2D eigenvalue weighted by Crippen LogP contribution is -2.50. The third-order valence-electron chi connectivity index (χ3n) is 3.95. The summed E-state index contributed by atoms with van der Waals surface area (Å²) in [7, 11) is 0. The fourth-order valence-corrected chi connectivity index (χ4v) is 3.00. The van der Waals surface area contributed by atoms with Crippen LogP contribution in [0, 0.1) is 0 Å². The first kappa shape index (κ1) is 22.9. The molecule has 1 aliphatic rings. The van der Waals surface area contributed by atoms with Crippen LogP contribution in [0.15, 0.2) is 66.1 Å². The van der Waals surface area contributed by atoms with Gasteiger partial charge in [0.25, 0.3) is 5.91 Å². The molecule has 0 radical (unpaired) electrons. The van der Waals surface area contributed by atoms with E-state index in [4.69, 9.17) is 16.4 Å². The molecule has 30 heavy (non-hydrogen) atoms. The predicted molar refractivity (Wildman–Crippen MR) is 112 cm³/mol. The third-order valence-corrected chi connectivity index (χ3v) is 4.18. The van der Waals surface area contributed by atoms with Crippen molar-refractivity contribution in [2.24, 2.45) is 0 Å². The van der Waals surface area contributed by atoms with Gasteiger partial charge in [-0.05, 0) is 43.7 Å². The van der Waals surface area contributed by atoms with Gasteiger partial charge in [-0.1, -0.05) is 29.8 Å². The average molecular weight is 431 g/mol. The zero-order valence-corrected chi connectivity index (χ0v) is 17.6. The number of halogens is 1. The maximum Gasteiger partial charge on any atom is 0.355 e. The molecule has 3 rings (SSSR count). The van der Waals surface area contributed by atoms with Crippen LogP contribution in [0.3, 0.4) is 0 Å². The number of benzene rings is 1. The molecule has 1 aliphatic heterocycles. The highest BCUT2D eigenvalue weighted by Crippen LogP contribution is 2.34. The Morgan fingerprint density at radius 1 is 1.23 bits per heavy atom. The van der Waals surface area contributed by atoms with E-state index in [9.17, 15) is 14.4 Å². The van der Waals surface area contributed by atoms with Crippen molar-refractivity contribution in [2.75, 3.05) is 6.54 Å². The lowest BCUT2D eigenvalue weighted by molar-refractivity contribution is -0.181. The quantitative estimate of drug-likeness (QED) is 0.774. The fourth-order valence-electron chi connectivity index (χ4n) is 2.80. The maximum atomic E-state index is 12.5. The number of pyridine rings is 1. The third kappa shape index (κ3) is 6.05. The van der Waals surface area contributed by atoms with Gasteiger partial charge in [0, 0.05) is 36.6 Å². The second-order valence-electron chi connectivity index (χ2n) is 6.22. The first-order valence-corrected chi connectivity index (χ1v) is 9.61. The number of rotatable bonds is 4. The molecule has 1 aromatic carbocycles.